The van der Waals surface area contributed by atoms with Gasteiger partial charge in [0.2, 0.25) is 0 Å². The van der Waals surface area contributed by atoms with Crippen LogP contribution >= 0.6 is 0 Å². The average Bonchev–Trinajstić information content (AvgIpc) is 4.25. The van der Waals surface area contributed by atoms with Gasteiger partial charge in [0.1, 0.15) is 11.2 Å². The molecule has 0 atom stereocenters. The van der Waals surface area contributed by atoms with Crippen molar-refractivity contribution >= 4 is 39.0 Å². The molecule has 0 unspecified atom stereocenters. The Morgan fingerprint density at radius 2 is 0.884 bits per heavy atom. The van der Waals surface area contributed by atoms with Crippen molar-refractivity contribution in [1.82, 2.24) is 0 Å². The van der Waals surface area contributed by atoms with E-state index in [0.717, 1.165) is 50.1 Å². The van der Waals surface area contributed by atoms with Crippen LogP contribution in [0.5, 0.6) is 0 Å². The van der Waals surface area contributed by atoms with Crippen LogP contribution in [0, 0.1) is 0 Å². The van der Waals surface area contributed by atoms with E-state index < -0.39 is 5.41 Å². The highest BCUT2D eigenvalue weighted by Gasteiger charge is 2.53. The first-order chi connectivity index (χ1) is 33.9. The molecule has 4 aliphatic carbocycles. The summed E-state index contributed by atoms with van der Waals surface area (Å²) in [6.07, 6.45) is 10.2. The number of rotatable bonds is 7. The van der Waals surface area contributed by atoms with Crippen LogP contribution < -0.4 is 4.90 Å². The molecule has 2 heteroatoms. The summed E-state index contributed by atoms with van der Waals surface area (Å²) in [6, 6.07) is 75.9. The van der Waals surface area contributed by atoms with E-state index in [1.165, 1.54) is 118 Å². The Hall–Kier alpha value is -7.42. The zero-order valence-corrected chi connectivity index (χ0v) is 39.6. The lowest BCUT2D eigenvalue weighted by Crippen LogP contribution is -2.28. The van der Waals surface area contributed by atoms with Crippen molar-refractivity contribution in [2.45, 2.75) is 81.5 Å². The second-order valence-electron chi connectivity index (χ2n) is 21.1. The van der Waals surface area contributed by atoms with Crippen LogP contribution in [-0.4, -0.2) is 0 Å². The first kappa shape index (κ1) is 40.6. The van der Waals surface area contributed by atoms with Crippen LogP contribution in [0.2, 0.25) is 0 Å². The molecule has 69 heavy (non-hydrogen) atoms. The van der Waals surface area contributed by atoms with E-state index in [1.54, 1.807) is 0 Å². The molecule has 0 bridgehead atoms. The summed E-state index contributed by atoms with van der Waals surface area (Å²) < 4.78 is 6.56. The molecule has 0 N–H and O–H groups in total. The smallest absolute Gasteiger partial charge is 0.143 e. The van der Waals surface area contributed by atoms with Crippen molar-refractivity contribution < 1.29 is 4.42 Å². The average molecular weight is 890 g/mol. The summed E-state index contributed by atoms with van der Waals surface area (Å²) in [7, 11) is 0. The second-order valence-corrected chi connectivity index (χ2v) is 21.1. The molecule has 4 aliphatic rings. The van der Waals surface area contributed by atoms with Crippen molar-refractivity contribution in [2.24, 2.45) is 0 Å². The third-order valence-electron chi connectivity index (χ3n) is 17.3. The van der Waals surface area contributed by atoms with Gasteiger partial charge in [-0.15, -0.1) is 0 Å². The van der Waals surface area contributed by atoms with Gasteiger partial charge in [0, 0.05) is 33.3 Å². The van der Waals surface area contributed by atoms with Gasteiger partial charge in [-0.3, -0.25) is 0 Å². The largest absolute Gasteiger partial charge is 0.455 e. The van der Waals surface area contributed by atoms with Crippen LogP contribution in [-0.2, 0) is 16.2 Å². The minimum Gasteiger partial charge on any atom is -0.455 e. The van der Waals surface area contributed by atoms with Crippen molar-refractivity contribution in [3.63, 3.8) is 0 Å². The molecule has 1 aromatic heterocycles. The zero-order valence-electron chi connectivity index (χ0n) is 39.6. The number of hydrogen-bond acceptors (Lipinski definition) is 2. The highest BCUT2D eigenvalue weighted by Crippen LogP contribution is 2.65. The molecule has 1 heterocycles. The van der Waals surface area contributed by atoms with Gasteiger partial charge < -0.3 is 9.32 Å². The van der Waals surface area contributed by atoms with E-state index in [4.69, 9.17) is 4.42 Å². The number of anilines is 3. The maximum Gasteiger partial charge on any atom is 0.143 e. The number of nitrogens with zero attached hydrogens (tertiary/aromatic N) is 1. The van der Waals surface area contributed by atoms with Gasteiger partial charge in [-0.05, 0) is 140 Å². The molecule has 14 rings (SSSR count). The Labute approximate surface area is 405 Å². The van der Waals surface area contributed by atoms with Crippen LogP contribution in [0.1, 0.15) is 98.6 Å². The van der Waals surface area contributed by atoms with Gasteiger partial charge in [-0.25, -0.2) is 0 Å². The summed E-state index contributed by atoms with van der Waals surface area (Å²) in [5.74, 6) is 0. The van der Waals surface area contributed by atoms with E-state index in [1.807, 2.05) is 6.07 Å². The fraction of sp³-hybridized carbons (Fsp3) is 0.194. The van der Waals surface area contributed by atoms with Crippen molar-refractivity contribution in [1.29, 1.82) is 0 Å². The molecule has 2 nitrogen and oxygen atoms in total. The summed E-state index contributed by atoms with van der Waals surface area (Å²) >= 11 is 0. The van der Waals surface area contributed by atoms with E-state index in [0.29, 0.717) is 0 Å². The Morgan fingerprint density at radius 1 is 0.377 bits per heavy atom. The lowest BCUT2D eigenvalue weighted by atomic mass is 9.68. The minimum absolute atomic E-state index is 0.177. The van der Waals surface area contributed by atoms with Crippen LogP contribution in [0.25, 0.3) is 66.4 Å². The Balaban J connectivity index is 1.01. The van der Waals surface area contributed by atoms with Crippen molar-refractivity contribution in [3.8, 4) is 44.5 Å². The number of furan rings is 1. The molecule has 2 fully saturated rings. The monoisotopic (exact) mass is 889 g/mol. The van der Waals surface area contributed by atoms with Crippen LogP contribution in [0.4, 0.5) is 17.1 Å². The molecule has 10 aromatic rings. The van der Waals surface area contributed by atoms with Gasteiger partial charge in [0.15, 0.2) is 0 Å². The molecular weight excluding hydrogens is 835 g/mol. The van der Waals surface area contributed by atoms with Gasteiger partial charge in [-0.1, -0.05) is 203 Å². The third kappa shape index (κ3) is 5.97. The quantitative estimate of drug-likeness (QED) is 0.159. The molecule has 0 amide bonds. The minimum atomic E-state index is -0.484. The Kier molecular flexibility index (Phi) is 9.01. The Morgan fingerprint density at radius 3 is 1.58 bits per heavy atom. The summed E-state index contributed by atoms with van der Waals surface area (Å²) in [4.78, 5) is 2.51. The third-order valence-corrected chi connectivity index (χ3v) is 17.3. The molecule has 0 saturated heterocycles. The van der Waals surface area contributed by atoms with Crippen molar-refractivity contribution in [2.75, 3.05) is 4.90 Å². The summed E-state index contributed by atoms with van der Waals surface area (Å²) in [5, 5.41) is 2.29. The fourth-order valence-corrected chi connectivity index (χ4v) is 13.7. The fourth-order valence-electron chi connectivity index (χ4n) is 13.7. The lowest BCUT2D eigenvalue weighted by molar-refractivity contribution is 0.489. The van der Waals surface area contributed by atoms with Crippen molar-refractivity contribution in [3.05, 3.63) is 234 Å². The maximum absolute atomic E-state index is 6.56. The van der Waals surface area contributed by atoms with E-state index in [2.05, 4.69) is 213 Å². The standard InChI is InChI=1S/C67H55NO/c1-65(37-12-13-38-65)46-29-34-53-54-35-30-47(66(2)39-14-15-40-66)42-60(54)67(59(53)41-46)58-24-9-6-20-52(58)55-36-33-49(43-61(55)67)68(62-25-10-7-19-50(62)44-17-4-3-5-18-44)48-31-27-45(28-32-48)51-22-16-23-57-56-21-8-11-26-63(56)69-64(51)57/h3-11,16-36,41-43H,12-15,37-40H2,1-2H3. The molecule has 2 saturated carbocycles. The van der Waals surface area contributed by atoms with Crippen LogP contribution in [0.15, 0.2) is 205 Å². The molecule has 1 spiro atoms. The molecular formula is C67H55NO. The van der Waals surface area contributed by atoms with Gasteiger partial charge >= 0.3 is 0 Å². The predicted molar refractivity (Wildman–Crippen MR) is 287 cm³/mol. The highest BCUT2D eigenvalue weighted by molar-refractivity contribution is 6.09. The second kappa shape index (κ2) is 15.3. The zero-order chi connectivity index (χ0) is 45.9. The van der Waals surface area contributed by atoms with Gasteiger partial charge in [0.05, 0.1) is 11.1 Å². The number of benzene rings is 9. The lowest BCUT2D eigenvalue weighted by Gasteiger charge is -2.34. The number of fused-ring (bicyclic) bond motifs is 13. The first-order valence-electron chi connectivity index (χ1n) is 25.4. The summed E-state index contributed by atoms with van der Waals surface area (Å²) in [6.45, 7) is 5.04. The SMILES string of the molecule is CC1(c2ccc3c(c2)C2(c4ccccc4-c4ccc(N(c5ccc(-c6cccc7c6oc6ccccc67)cc5)c5ccccc5-c5ccccc5)cc42)c2cc(C4(C)CCCC4)ccc2-3)CCCC1. The Bertz CT molecular complexity index is 3580. The van der Waals surface area contributed by atoms with E-state index in [9.17, 15) is 0 Å². The molecule has 9 aromatic carbocycles. The first-order valence-corrected chi connectivity index (χ1v) is 25.4. The number of para-hydroxylation sites is 3. The maximum atomic E-state index is 6.56. The van der Waals surface area contributed by atoms with E-state index >= 15 is 0 Å². The molecule has 0 radical (unpaired) electrons. The topological polar surface area (TPSA) is 16.4 Å². The van der Waals surface area contributed by atoms with Crippen LogP contribution in [0.3, 0.4) is 0 Å². The van der Waals surface area contributed by atoms with Gasteiger partial charge in [-0.2, -0.15) is 0 Å². The van der Waals surface area contributed by atoms with E-state index in [-0.39, 0.29) is 10.8 Å². The highest BCUT2D eigenvalue weighted by atomic mass is 16.3. The summed E-state index contributed by atoms with van der Waals surface area (Å²) in [5.41, 5.74) is 23.8. The molecule has 334 valence electrons. The normalized spacial score (nSPS) is 16.7. The molecule has 0 aliphatic heterocycles. The van der Waals surface area contributed by atoms with Gasteiger partial charge in [0.25, 0.3) is 0 Å². The predicted octanol–water partition coefficient (Wildman–Crippen LogP) is 18.4. The number of hydrogen-bond donors (Lipinski definition) is 0.